The van der Waals surface area contributed by atoms with E-state index in [4.69, 9.17) is 27.9 Å². The minimum Gasteiger partial charge on any atom is -0.385 e. The second-order valence-electron chi connectivity index (χ2n) is 6.02. The molecule has 0 spiro atoms. The molecule has 1 N–H and O–H groups in total. The van der Waals surface area contributed by atoms with Crippen LogP contribution in [0, 0.1) is 0 Å². The minimum atomic E-state index is 0.655. The number of hydrogen-bond acceptors (Lipinski definition) is 2. The average molecular weight is 377 g/mol. The van der Waals surface area contributed by atoms with Gasteiger partial charge in [-0.3, -0.25) is 0 Å². The molecule has 0 saturated carbocycles. The molecule has 3 nitrogen and oxygen atoms in total. The molecule has 0 fully saturated rings. The van der Waals surface area contributed by atoms with Crippen molar-refractivity contribution in [1.29, 1.82) is 0 Å². The van der Waals surface area contributed by atoms with Crippen molar-refractivity contribution >= 4 is 34.1 Å². The number of para-hydroxylation sites is 1. The maximum Gasteiger partial charge on any atom is 0.0505 e. The molecule has 25 heavy (non-hydrogen) atoms. The smallest absolute Gasteiger partial charge is 0.0505 e. The Morgan fingerprint density at radius 3 is 2.56 bits per heavy atom. The van der Waals surface area contributed by atoms with E-state index in [1.165, 1.54) is 16.5 Å². The van der Waals surface area contributed by atoms with Gasteiger partial charge in [0, 0.05) is 53.0 Å². The number of methoxy groups -OCH3 is 1. The van der Waals surface area contributed by atoms with Crippen LogP contribution in [0.5, 0.6) is 0 Å². The van der Waals surface area contributed by atoms with Gasteiger partial charge in [0.05, 0.1) is 6.54 Å². The van der Waals surface area contributed by atoms with Gasteiger partial charge in [0.25, 0.3) is 0 Å². The van der Waals surface area contributed by atoms with E-state index in [9.17, 15) is 0 Å². The molecule has 0 aliphatic heterocycles. The van der Waals surface area contributed by atoms with Crippen molar-refractivity contribution in [3.05, 3.63) is 69.8 Å². The van der Waals surface area contributed by atoms with Gasteiger partial charge in [0.15, 0.2) is 0 Å². The summed E-state index contributed by atoms with van der Waals surface area (Å²) in [5.41, 5.74) is 3.41. The molecule has 1 aromatic heterocycles. The summed E-state index contributed by atoms with van der Waals surface area (Å²) in [6.45, 7) is 3.19. The van der Waals surface area contributed by atoms with E-state index >= 15 is 0 Å². The molecule has 0 bridgehead atoms. The van der Waals surface area contributed by atoms with Crippen molar-refractivity contribution in [1.82, 2.24) is 9.88 Å². The molecule has 0 amide bonds. The fourth-order valence-electron chi connectivity index (χ4n) is 3.01. The molecular weight excluding hydrogens is 355 g/mol. The average Bonchev–Trinajstić information content (AvgIpc) is 2.96. The molecule has 0 unspecified atom stereocenters. The number of ether oxygens (including phenoxy) is 1. The van der Waals surface area contributed by atoms with E-state index in [1.54, 1.807) is 7.11 Å². The number of nitrogens with zero attached hydrogens (tertiary/aromatic N) is 1. The summed E-state index contributed by atoms with van der Waals surface area (Å²) >= 11 is 12.7. The number of halogens is 2. The summed E-state index contributed by atoms with van der Waals surface area (Å²) in [5.74, 6) is 0. The lowest BCUT2D eigenvalue weighted by Crippen LogP contribution is -2.15. The van der Waals surface area contributed by atoms with Gasteiger partial charge in [-0.1, -0.05) is 47.5 Å². The second kappa shape index (κ2) is 8.72. The van der Waals surface area contributed by atoms with E-state index < -0.39 is 0 Å². The number of benzene rings is 2. The fourth-order valence-corrected chi connectivity index (χ4v) is 3.53. The van der Waals surface area contributed by atoms with Crippen molar-refractivity contribution < 1.29 is 4.74 Å². The van der Waals surface area contributed by atoms with E-state index in [0.29, 0.717) is 16.6 Å². The Labute approximate surface area is 158 Å². The lowest BCUT2D eigenvalue weighted by molar-refractivity contribution is 0.194. The first-order valence-electron chi connectivity index (χ1n) is 8.40. The third-order valence-electron chi connectivity index (χ3n) is 4.28. The quantitative estimate of drug-likeness (QED) is 0.552. The number of fused-ring (bicyclic) bond motifs is 1. The molecular formula is C20H22Cl2N2O. The first-order chi connectivity index (χ1) is 12.2. The molecule has 2 aromatic carbocycles. The fraction of sp³-hybridized carbons (Fsp3) is 0.300. The first kappa shape index (κ1) is 18.3. The zero-order valence-electron chi connectivity index (χ0n) is 14.3. The Kier molecular flexibility index (Phi) is 6.38. The van der Waals surface area contributed by atoms with Crippen molar-refractivity contribution in [2.24, 2.45) is 0 Å². The van der Waals surface area contributed by atoms with Gasteiger partial charge in [-0.15, -0.1) is 0 Å². The van der Waals surface area contributed by atoms with E-state index in [0.717, 1.165) is 31.7 Å². The monoisotopic (exact) mass is 376 g/mol. The topological polar surface area (TPSA) is 26.2 Å². The van der Waals surface area contributed by atoms with Gasteiger partial charge in [-0.05, 0) is 36.7 Å². The Bertz CT molecular complexity index is 825. The summed E-state index contributed by atoms with van der Waals surface area (Å²) in [5, 5.41) is 6.13. The molecule has 0 atom stereocenters. The van der Waals surface area contributed by atoms with E-state index in [2.05, 4.69) is 40.3 Å². The van der Waals surface area contributed by atoms with Crippen LogP contribution in [-0.4, -0.2) is 24.8 Å². The molecule has 0 radical (unpaired) electrons. The van der Waals surface area contributed by atoms with Gasteiger partial charge in [-0.25, -0.2) is 0 Å². The predicted octanol–water partition coefficient (Wildman–Crippen LogP) is 5.12. The van der Waals surface area contributed by atoms with Gasteiger partial charge in [-0.2, -0.15) is 0 Å². The Hall–Kier alpha value is -1.52. The number of hydrogen-bond donors (Lipinski definition) is 1. The molecule has 5 heteroatoms. The maximum absolute atomic E-state index is 6.35. The van der Waals surface area contributed by atoms with Crippen LogP contribution in [0.1, 0.15) is 17.5 Å². The summed E-state index contributed by atoms with van der Waals surface area (Å²) in [4.78, 5) is 0. The molecule has 0 saturated heterocycles. The number of nitrogens with one attached hydrogen (secondary N) is 1. The Morgan fingerprint density at radius 1 is 1.04 bits per heavy atom. The molecule has 132 valence electrons. The van der Waals surface area contributed by atoms with Crippen LogP contribution in [0.25, 0.3) is 10.9 Å². The van der Waals surface area contributed by atoms with Gasteiger partial charge in [0.2, 0.25) is 0 Å². The minimum absolute atomic E-state index is 0.655. The summed E-state index contributed by atoms with van der Waals surface area (Å²) < 4.78 is 7.30. The number of rotatable bonds is 8. The highest BCUT2D eigenvalue weighted by Crippen LogP contribution is 2.28. The summed E-state index contributed by atoms with van der Waals surface area (Å²) in [7, 11) is 1.73. The van der Waals surface area contributed by atoms with Crippen LogP contribution >= 0.6 is 23.2 Å². The molecule has 0 aliphatic rings. The van der Waals surface area contributed by atoms with Gasteiger partial charge < -0.3 is 14.6 Å². The highest BCUT2D eigenvalue weighted by Gasteiger charge is 2.11. The molecule has 1 heterocycles. The van der Waals surface area contributed by atoms with Crippen LogP contribution in [0.2, 0.25) is 10.0 Å². The second-order valence-corrected chi connectivity index (χ2v) is 6.84. The van der Waals surface area contributed by atoms with Crippen molar-refractivity contribution in [2.45, 2.75) is 19.5 Å². The predicted molar refractivity (Wildman–Crippen MR) is 106 cm³/mol. The maximum atomic E-state index is 6.35. The SMILES string of the molecule is COCCCNCc1cn(Cc2c(Cl)cccc2Cl)c2ccccc12. The van der Waals surface area contributed by atoms with Crippen LogP contribution < -0.4 is 5.32 Å². The normalized spacial score (nSPS) is 11.3. The zero-order valence-corrected chi connectivity index (χ0v) is 15.8. The third-order valence-corrected chi connectivity index (χ3v) is 4.99. The summed E-state index contributed by atoms with van der Waals surface area (Å²) in [6.07, 6.45) is 3.19. The summed E-state index contributed by atoms with van der Waals surface area (Å²) in [6, 6.07) is 14.1. The molecule has 3 rings (SSSR count). The number of aromatic nitrogens is 1. The van der Waals surface area contributed by atoms with Crippen LogP contribution in [0.15, 0.2) is 48.7 Å². The Morgan fingerprint density at radius 2 is 1.80 bits per heavy atom. The highest BCUT2D eigenvalue weighted by molar-refractivity contribution is 6.36. The van der Waals surface area contributed by atoms with Crippen LogP contribution in [0.3, 0.4) is 0 Å². The van der Waals surface area contributed by atoms with Gasteiger partial charge in [0.1, 0.15) is 0 Å². The van der Waals surface area contributed by atoms with Gasteiger partial charge >= 0.3 is 0 Å². The van der Waals surface area contributed by atoms with Crippen LogP contribution in [-0.2, 0) is 17.8 Å². The largest absolute Gasteiger partial charge is 0.385 e. The van der Waals surface area contributed by atoms with Crippen molar-refractivity contribution in [3.63, 3.8) is 0 Å². The van der Waals surface area contributed by atoms with E-state index in [-0.39, 0.29) is 0 Å². The Balaban J connectivity index is 1.84. The van der Waals surface area contributed by atoms with Crippen molar-refractivity contribution in [2.75, 3.05) is 20.3 Å². The molecule has 3 aromatic rings. The lowest BCUT2D eigenvalue weighted by atomic mass is 10.2. The lowest BCUT2D eigenvalue weighted by Gasteiger charge is -2.09. The first-order valence-corrected chi connectivity index (χ1v) is 9.15. The highest BCUT2D eigenvalue weighted by atomic mass is 35.5. The van der Waals surface area contributed by atoms with E-state index in [1.807, 2.05) is 18.2 Å². The van der Waals surface area contributed by atoms with Crippen molar-refractivity contribution in [3.8, 4) is 0 Å². The van der Waals surface area contributed by atoms with Crippen LogP contribution in [0.4, 0.5) is 0 Å². The zero-order chi connectivity index (χ0) is 17.6. The standard InChI is InChI=1S/C20H22Cl2N2O/c1-25-11-5-10-23-12-15-13-24(20-9-3-2-6-16(15)20)14-17-18(21)7-4-8-19(17)22/h2-4,6-9,13,23H,5,10-12,14H2,1H3. The third kappa shape index (κ3) is 4.36. The molecule has 0 aliphatic carbocycles.